The van der Waals surface area contributed by atoms with Crippen molar-refractivity contribution < 1.29 is 4.79 Å². The van der Waals surface area contributed by atoms with Crippen molar-refractivity contribution in [2.24, 2.45) is 7.05 Å². The molecular weight excluding hydrogens is 214 g/mol. The lowest BCUT2D eigenvalue weighted by Crippen LogP contribution is -2.32. The van der Waals surface area contributed by atoms with Gasteiger partial charge in [0.25, 0.3) is 0 Å². The molecule has 1 aromatic rings. The molecule has 4 nitrogen and oxygen atoms in total. The van der Waals surface area contributed by atoms with Gasteiger partial charge in [0.05, 0.1) is 12.2 Å². The van der Waals surface area contributed by atoms with Gasteiger partial charge in [0, 0.05) is 18.3 Å². The molecule has 84 valence electrons. The Morgan fingerprint density at radius 3 is 2.60 bits per heavy atom. The zero-order chi connectivity index (χ0) is 11.6. The van der Waals surface area contributed by atoms with Gasteiger partial charge >= 0.3 is 0 Å². The lowest BCUT2D eigenvalue weighted by atomic mass is 10.1. The van der Waals surface area contributed by atoms with Crippen LogP contribution in [0.25, 0.3) is 0 Å². The molecule has 0 saturated heterocycles. The molecule has 1 N–H and O–H groups in total. The van der Waals surface area contributed by atoms with Crippen molar-refractivity contribution >= 4 is 17.5 Å². The molecule has 1 amide bonds. The van der Waals surface area contributed by atoms with Crippen LogP contribution in [0, 0.1) is 6.92 Å². The average Bonchev–Trinajstić information content (AvgIpc) is 2.47. The van der Waals surface area contributed by atoms with Gasteiger partial charge in [0.15, 0.2) is 0 Å². The first kappa shape index (κ1) is 12.0. The van der Waals surface area contributed by atoms with Gasteiger partial charge in [-0.05, 0) is 20.8 Å². The van der Waals surface area contributed by atoms with Crippen molar-refractivity contribution in [2.75, 3.05) is 0 Å². The molecule has 0 radical (unpaired) electrons. The second-order valence-electron chi connectivity index (χ2n) is 3.66. The van der Waals surface area contributed by atoms with E-state index < -0.39 is 5.38 Å². The summed E-state index contributed by atoms with van der Waals surface area (Å²) in [5.74, 6) is -0.160. The SMILES string of the molecule is Cc1c(C(C)NC(=O)C(C)Cl)cnn1C. The van der Waals surface area contributed by atoms with Crippen LogP contribution in [0.3, 0.4) is 0 Å². The number of amides is 1. The van der Waals surface area contributed by atoms with Crippen molar-refractivity contribution in [1.82, 2.24) is 15.1 Å². The zero-order valence-corrected chi connectivity index (χ0v) is 10.2. The molecule has 0 aliphatic rings. The molecular formula is C10H16ClN3O. The number of aromatic nitrogens is 2. The van der Waals surface area contributed by atoms with E-state index >= 15 is 0 Å². The minimum Gasteiger partial charge on any atom is -0.348 e. The van der Waals surface area contributed by atoms with Crippen LogP contribution < -0.4 is 5.32 Å². The second kappa shape index (κ2) is 4.66. The monoisotopic (exact) mass is 229 g/mol. The standard InChI is InChI=1S/C10H16ClN3O/c1-6(11)10(15)13-7(2)9-5-12-14(4)8(9)3/h5-7H,1-4H3,(H,13,15). The molecule has 5 heteroatoms. The van der Waals surface area contributed by atoms with Crippen LogP contribution in [0.1, 0.15) is 31.1 Å². The topological polar surface area (TPSA) is 46.9 Å². The highest BCUT2D eigenvalue weighted by molar-refractivity contribution is 6.30. The van der Waals surface area contributed by atoms with Gasteiger partial charge in [0.2, 0.25) is 5.91 Å². The highest BCUT2D eigenvalue weighted by atomic mass is 35.5. The Balaban J connectivity index is 2.73. The molecule has 15 heavy (non-hydrogen) atoms. The van der Waals surface area contributed by atoms with Crippen LogP contribution >= 0.6 is 11.6 Å². The number of nitrogens with one attached hydrogen (secondary N) is 1. The fraction of sp³-hybridized carbons (Fsp3) is 0.600. The van der Waals surface area contributed by atoms with E-state index in [0.29, 0.717) is 0 Å². The predicted molar refractivity (Wildman–Crippen MR) is 59.8 cm³/mol. The van der Waals surface area contributed by atoms with E-state index in [-0.39, 0.29) is 11.9 Å². The predicted octanol–water partition coefficient (Wildman–Crippen LogP) is 1.53. The molecule has 0 bridgehead atoms. The van der Waals surface area contributed by atoms with Crippen LogP contribution in [0.2, 0.25) is 0 Å². The van der Waals surface area contributed by atoms with Gasteiger partial charge in [-0.2, -0.15) is 5.10 Å². The minimum atomic E-state index is -0.510. The molecule has 1 heterocycles. The fourth-order valence-corrected chi connectivity index (χ4v) is 1.41. The maximum atomic E-state index is 11.4. The van der Waals surface area contributed by atoms with Crippen LogP contribution in [0.15, 0.2) is 6.20 Å². The maximum Gasteiger partial charge on any atom is 0.238 e. The fourth-order valence-electron chi connectivity index (χ4n) is 1.35. The van der Waals surface area contributed by atoms with Crippen LogP contribution in [0.5, 0.6) is 0 Å². The first-order valence-electron chi connectivity index (χ1n) is 4.86. The van der Waals surface area contributed by atoms with Crippen LogP contribution in [-0.2, 0) is 11.8 Å². The van der Waals surface area contributed by atoms with Crippen molar-refractivity contribution in [3.05, 3.63) is 17.5 Å². The number of alkyl halides is 1. The minimum absolute atomic E-state index is 0.0626. The largest absolute Gasteiger partial charge is 0.348 e. The van der Waals surface area contributed by atoms with Gasteiger partial charge in [-0.25, -0.2) is 0 Å². The van der Waals surface area contributed by atoms with Gasteiger partial charge in [-0.1, -0.05) is 0 Å². The molecule has 0 aliphatic heterocycles. The lowest BCUT2D eigenvalue weighted by Gasteiger charge is -2.14. The summed E-state index contributed by atoms with van der Waals surface area (Å²) < 4.78 is 1.78. The van der Waals surface area contributed by atoms with Crippen molar-refractivity contribution in [3.63, 3.8) is 0 Å². The summed E-state index contributed by atoms with van der Waals surface area (Å²) in [6.45, 7) is 5.54. The molecule has 1 rings (SSSR count). The summed E-state index contributed by atoms with van der Waals surface area (Å²) in [6.07, 6.45) is 1.76. The Bertz CT molecular complexity index is 360. The number of nitrogens with zero attached hydrogens (tertiary/aromatic N) is 2. The normalized spacial score (nSPS) is 14.7. The van der Waals surface area contributed by atoms with E-state index in [9.17, 15) is 4.79 Å². The quantitative estimate of drug-likeness (QED) is 0.800. The van der Waals surface area contributed by atoms with Gasteiger partial charge in [-0.15, -0.1) is 11.6 Å². The number of hydrogen-bond acceptors (Lipinski definition) is 2. The van der Waals surface area contributed by atoms with E-state index in [0.717, 1.165) is 11.3 Å². The molecule has 0 fully saturated rings. The third kappa shape index (κ3) is 2.72. The maximum absolute atomic E-state index is 11.4. The van der Waals surface area contributed by atoms with Crippen LogP contribution in [0.4, 0.5) is 0 Å². The number of aryl methyl sites for hydroxylation is 1. The Labute approximate surface area is 94.6 Å². The highest BCUT2D eigenvalue weighted by Gasteiger charge is 2.16. The van der Waals surface area contributed by atoms with Crippen molar-refractivity contribution in [1.29, 1.82) is 0 Å². The van der Waals surface area contributed by atoms with Gasteiger partial charge in [0.1, 0.15) is 5.38 Å². The summed E-state index contributed by atoms with van der Waals surface area (Å²) >= 11 is 5.67. The number of hydrogen-bond donors (Lipinski definition) is 1. The van der Waals surface area contributed by atoms with E-state index in [4.69, 9.17) is 11.6 Å². The smallest absolute Gasteiger partial charge is 0.238 e. The molecule has 0 aliphatic carbocycles. The highest BCUT2D eigenvalue weighted by Crippen LogP contribution is 2.16. The molecule has 1 aromatic heterocycles. The van der Waals surface area contributed by atoms with E-state index in [2.05, 4.69) is 10.4 Å². The van der Waals surface area contributed by atoms with Crippen molar-refractivity contribution in [3.8, 4) is 0 Å². The number of carbonyl (C=O) groups is 1. The van der Waals surface area contributed by atoms with Gasteiger partial charge in [-0.3, -0.25) is 9.48 Å². The van der Waals surface area contributed by atoms with Crippen molar-refractivity contribution in [2.45, 2.75) is 32.2 Å². The average molecular weight is 230 g/mol. The van der Waals surface area contributed by atoms with E-state index in [1.165, 1.54) is 0 Å². The van der Waals surface area contributed by atoms with Crippen LogP contribution in [-0.4, -0.2) is 21.1 Å². The number of halogens is 1. The number of rotatable bonds is 3. The summed E-state index contributed by atoms with van der Waals surface area (Å²) in [6, 6.07) is -0.0626. The third-order valence-corrected chi connectivity index (χ3v) is 2.66. The Morgan fingerprint density at radius 1 is 1.60 bits per heavy atom. The molecule has 0 saturated carbocycles. The lowest BCUT2D eigenvalue weighted by molar-refractivity contribution is -0.121. The summed E-state index contributed by atoms with van der Waals surface area (Å²) in [4.78, 5) is 11.4. The second-order valence-corrected chi connectivity index (χ2v) is 4.31. The molecule has 0 aromatic carbocycles. The Hall–Kier alpha value is -1.03. The molecule has 2 atom stereocenters. The Kier molecular flexibility index (Phi) is 3.74. The summed E-state index contributed by atoms with van der Waals surface area (Å²) in [5.41, 5.74) is 2.06. The third-order valence-electron chi connectivity index (χ3n) is 2.46. The first-order valence-corrected chi connectivity index (χ1v) is 5.30. The summed E-state index contributed by atoms with van der Waals surface area (Å²) in [7, 11) is 1.87. The van der Waals surface area contributed by atoms with E-state index in [1.807, 2.05) is 20.9 Å². The molecule has 0 spiro atoms. The number of carbonyl (C=O) groups excluding carboxylic acids is 1. The Morgan fingerprint density at radius 2 is 2.20 bits per heavy atom. The summed E-state index contributed by atoms with van der Waals surface area (Å²) in [5, 5.41) is 6.44. The first-order chi connectivity index (χ1) is 6.93. The van der Waals surface area contributed by atoms with Gasteiger partial charge < -0.3 is 5.32 Å². The van der Waals surface area contributed by atoms with E-state index in [1.54, 1.807) is 17.8 Å². The molecule has 2 unspecified atom stereocenters. The zero-order valence-electron chi connectivity index (χ0n) is 9.41.